The Hall–Kier alpha value is -4.26. The molecule has 1 aliphatic heterocycles. The zero-order chi connectivity index (χ0) is 36.5. The predicted octanol–water partition coefficient (Wildman–Crippen LogP) is 6.65. The number of hydrogen-bond acceptors (Lipinski definition) is 5. The normalized spacial score (nSPS) is 17.0. The molecule has 2 aromatic carbocycles. The summed E-state index contributed by atoms with van der Waals surface area (Å²) in [5.41, 5.74) is 8.27. The molecule has 2 atom stereocenters. The number of nitrogen functional groups attached to an aromatic ring is 1. The number of carbonyl (C=O) groups is 2. The molecule has 0 radical (unpaired) electrons. The smallest absolute Gasteiger partial charge is 0.384 e. The van der Waals surface area contributed by atoms with Crippen LogP contribution in [-0.2, 0) is 16.0 Å². The standard InChI is InChI=1S/C38H45BrF3N7O2/c39-31-10-6-9-29(22-31)30(21-25-12-14-28(15-13-25)34(43)44)24-49(37(51)38(40,41)42)33(27-7-2-1-3-8-27)36(50)47-23-26-16-19-48(20-17-26)35(45)32-11-4-5-18-46-32/h4-6,9-15,18,22,26-27,30,33,45H,1-3,7-8,16-17,19-21,23-24H2,(H3,43,44)(H,47,50). The lowest BCUT2D eigenvalue weighted by molar-refractivity contribution is -0.190. The number of pyridine rings is 1. The molecule has 2 fully saturated rings. The van der Waals surface area contributed by atoms with Crippen LogP contribution in [0, 0.1) is 22.7 Å². The first kappa shape index (κ1) is 38.0. The second kappa shape index (κ2) is 17.3. The van der Waals surface area contributed by atoms with Crippen molar-refractivity contribution in [1.29, 1.82) is 10.8 Å². The predicted molar refractivity (Wildman–Crippen MR) is 195 cm³/mol. The van der Waals surface area contributed by atoms with Crippen molar-refractivity contribution in [2.75, 3.05) is 26.2 Å². The number of aromatic nitrogens is 1. The summed E-state index contributed by atoms with van der Waals surface area (Å²) in [6.07, 6.45) is 1.76. The van der Waals surface area contributed by atoms with Crippen molar-refractivity contribution in [2.45, 2.75) is 69.5 Å². The van der Waals surface area contributed by atoms with Crippen molar-refractivity contribution in [2.24, 2.45) is 17.6 Å². The third kappa shape index (κ3) is 10.2. The number of nitrogens with two attached hydrogens (primary N) is 1. The number of piperidine rings is 1. The molecule has 1 aromatic heterocycles. The average Bonchev–Trinajstić information content (AvgIpc) is 3.13. The van der Waals surface area contributed by atoms with E-state index in [1.807, 2.05) is 29.2 Å². The number of nitrogens with zero attached hydrogens (tertiary/aromatic N) is 3. The van der Waals surface area contributed by atoms with Crippen LogP contribution in [0.4, 0.5) is 13.2 Å². The maximum absolute atomic E-state index is 14.5. The van der Waals surface area contributed by atoms with Crippen molar-refractivity contribution in [3.05, 3.63) is 99.8 Å². The summed E-state index contributed by atoms with van der Waals surface area (Å²) in [7, 11) is 0. The molecule has 3 aromatic rings. The fraction of sp³-hybridized carbons (Fsp3) is 0.447. The van der Waals surface area contributed by atoms with Crippen LogP contribution >= 0.6 is 15.9 Å². The fourth-order valence-electron chi connectivity index (χ4n) is 7.31. The summed E-state index contributed by atoms with van der Waals surface area (Å²) in [4.78, 5) is 34.6. The van der Waals surface area contributed by atoms with Crippen LogP contribution in [0.25, 0.3) is 0 Å². The first-order valence-corrected chi connectivity index (χ1v) is 18.3. The molecule has 0 bridgehead atoms. The number of alkyl halides is 3. The molecule has 1 aliphatic carbocycles. The van der Waals surface area contributed by atoms with Gasteiger partial charge in [0.25, 0.3) is 0 Å². The van der Waals surface area contributed by atoms with Gasteiger partial charge in [-0.3, -0.25) is 25.4 Å². The molecule has 2 heterocycles. The Balaban J connectivity index is 1.38. The van der Waals surface area contributed by atoms with Gasteiger partial charge in [-0.25, -0.2) is 0 Å². The van der Waals surface area contributed by atoms with Crippen molar-refractivity contribution in [3.63, 3.8) is 0 Å². The largest absolute Gasteiger partial charge is 0.471 e. The van der Waals surface area contributed by atoms with Crippen LogP contribution < -0.4 is 11.1 Å². The lowest BCUT2D eigenvalue weighted by Gasteiger charge is -2.40. The van der Waals surface area contributed by atoms with Gasteiger partial charge in [0.05, 0.1) is 0 Å². The highest BCUT2D eigenvalue weighted by molar-refractivity contribution is 9.10. The molecule has 2 aliphatic rings. The molecule has 9 nitrogen and oxygen atoms in total. The Kier molecular flexibility index (Phi) is 12.9. The maximum Gasteiger partial charge on any atom is 0.471 e. The molecule has 1 saturated heterocycles. The van der Waals surface area contributed by atoms with E-state index < -0.39 is 35.9 Å². The van der Waals surface area contributed by atoms with E-state index in [0.717, 1.165) is 39.8 Å². The number of hydrogen-bond donors (Lipinski definition) is 4. The Bertz CT molecular complexity index is 1660. The van der Waals surface area contributed by atoms with Crippen molar-refractivity contribution in [3.8, 4) is 0 Å². The van der Waals surface area contributed by atoms with E-state index in [1.165, 1.54) is 0 Å². The van der Waals surface area contributed by atoms with Gasteiger partial charge in [0.1, 0.15) is 23.4 Å². The molecule has 13 heteroatoms. The summed E-state index contributed by atoms with van der Waals surface area (Å²) in [5.74, 6) is -3.23. The SMILES string of the molecule is N=C(N)c1ccc(CC(CN(C(=O)C(F)(F)F)C(C(=O)NCC2CCN(C(=N)c3ccccn3)CC2)C2CCCCC2)c2cccc(Br)c2)cc1. The van der Waals surface area contributed by atoms with Gasteiger partial charge in [-0.15, -0.1) is 0 Å². The average molecular weight is 769 g/mol. The van der Waals surface area contributed by atoms with E-state index in [9.17, 15) is 22.8 Å². The van der Waals surface area contributed by atoms with Crippen LogP contribution in [0.2, 0.25) is 0 Å². The summed E-state index contributed by atoms with van der Waals surface area (Å²) in [5, 5.41) is 19.2. The molecule has 1 saturated carbocycles. The minimum atomic E-state index is -5.18. The van der Waals surface area contributed by atoms with Crippen molar-refractivity contribution in [1.82, 2.24) is 20.1 Å². The lowest BCUT2D eigenvalue weighted by atomic mass is 9.81. The minimum absolute atomic E-state index is 0.0768. The third-order valence-corrected chi connectivity index (χ3v) is 10.6. The summed E-state index contributed by atoms with van der Waals surface area (Å²) in [6.45, 7) is 1.16. The fourth-order valence-corrected chi connectivity index (χ4v) is 7.73. The topological polar surface area (TPSA) is 139 Å². The summed E-state index contributed by atoms with van der Waals surface area (Å²) in [6, 6.07) is 18.4. The first-order valence-electron chi connectivity index (χ1n) is 17.5. The second-order valence-electron chi connectivity index (χ2n) is 13.6. The number of amidine groups is 2. The van der Waals surface area contributed by atoms with E-state index in [-0.39, 0.29) is 24.8 Å². The number of benzene rings is 2. The van der Waals surface area contributed by atoms with Gasteiger partial charge in [-0.05, 0) is 79.3 Å². The highest BCUT2D eigenvalue weighted by Gasteiger charge is 2.49. The van der Waals surface area contributed by atoms with E-state index in [2.05, 4.69) is 26.2 Å². The van der Waals surface area contributed by atoms with Crippen LogP contribution in [0.5, 0.6) is 0 Å². The van der Waals surface area contributed by atoms with Crippen LogP contribution in [0.1, 0.15) is 73.2 Å². The van der Waals surface area contributed by atoms with E-state index >= 15 is 0 Å². The Morgan fingerprint density at radius 1 is 0.980 bits per heavy atom. The number of likely N-dealkylation sites (tertiary alicyclic amines) is 1. The van der Waals surface area contributed by atoms with E-state index in [4.69, 9.17) is 16.6 Å². The van der Waals surface area contributed by atoms with Crippen LogP contribution in [-0.4, -0.2) is 76.7 Å². The molecular weight excluding hydrogens is 723 g/mol. The van der Waals surface area contributed by atoms with Gasteiger partial charge in [-0.2, -0.15) is 13.2 Å². The van der Waals surface area contributed by atoms with Gasteiger partial charge in [0, 0.05) is 48.3 Å². The van der Waals surface area contributed by atoms with Crippen molar-refractivity contribution < 1.29 is 22.8 Å². The van der Waals surface area contributed by atoms with Crippen LogP contribution in [0.3, 0.4) is 0 Å². The maximum atomic E-state index is 14.5. The number of amides is 2. The molecule has 0 spiro atoms. The van der Waals surface area contributed by atoms with Gasteiger partial charge in [0.15, 0.2) is 0 Å². The molecule has 2 amide bonds. The third-order valence-electron chi connectivity index (χ3n) is 10.1. The number of halogens is 4. The van der Waals surface area contributed by atoms with Gasteiger partial charge in [0.2, 0.25) is 5.91 Å². The van der Waals surface area contributed by atoms with Gasteiger partial charge >= 0.3 is 12.1 Å². The Morgan fingerprint density at radius 3 is 2.29 bits per heavy atom. The molecule has 272 valence electrons. The zero-order valence-electron chi connectivity index (χ0n) is 28.5. The molecule has 2 unspecified atom stereocenters. The molecule has 5 N–H and O–H groups in total. The van der Waals surface area contributed by atoms with E-state index in [1.54, 1.807) is 48.7 Å². The Labute approximate surface area is 305 Å². The molecular formula is C38H45BrF3N7O2. The lowest BCUT2D eigenvalue weighted by Crippen LogP contribution is -2.58. The minimum Gasteiger partial charge on any atom is -0.384 e. The quantitative estimate of drug-likeness (QED) is 0.121. The number of nitrogens with one attached hydrogen (secondary N) is 3. The summed E-state index contributed by atoms with van der Waals surface area (Å²) < 4.78 is 44.1. The van der Waals surface area contributed by atoms with E-state index in [0.29, 0.717) is 62.3 Å². The van der Waals surface area contributed by atoms with Gasteiger partial charge < -0.3 is 20.9 Å². The number of rotatable bonds is 12. The summed E-state index contributed by atoms with van der Waals surface area (Å²) >= 11 is 3.48. The first-order chi connectivity index (χ1) is 24.4. The van der Waals surface area contributed by atoms with Crippen molar-refractivity contribution >= 4 is 39.4 Å². The van der Waals surface area contributed by atoms with Gasteiger partial charge in [-0.1, -0.05) is 77.7 Å². The van der Waals surface area contributed by atoms with Crippen LogP contribution in [0.15, 0.2) is 77.4 Å². The zero-order valence-corrected chi connectivity index (χ0v) is 30.1. The highest BCUT2D eigenvalue weighted by atomic mass is 79.9. The molecule has 51 heavy (non-hydrogen) atoms. The Morgan fingerprint density at radius 2 is 1.69 bits per heavy atom. The second-order valence-corrected chi connectivity index (χ2v) is 14.5. The monoisotopic (exact) mass is 767 g/mol. The number of carbonyl (C=O) groups excluding carboxylic acids is 2. The highest BCUT2D eigenvalue weighted by Crippen LogP contribution is 2.35. The molecule has 5 rings (SSSR count).